The molecule has 3 aromatic rings. The third-order valence-corrected chi connectivity index (χ3v) is 4.14. The van der Waals surface area contributed by atoms with E-state index in [-0.39, 0.29) is 5.82 Å². The predicted octanol–water partition coefficient (Wildman–Crippen LogP) is 4.42. The first-order valence-electron chi connectivity index (χ1n) is 8.06. The van der Waals surface area contributed by atoms with Crippen molar-refractivity contribution in [3.63, 3.8) is 0 Å². The standard InChI is InChI=1S/C18H16Cl3N5O/c1-27-14-6-2-5-13(10-14)15-24-16(18(19,20)21)26-17(25-15)23-9-7-12-4-3-8-22-11-12/h2-6,8,10-11H,7,9H2,1H3,(H,23,24,25,26). The molecule has 6 nitrogen and oxygen atoms in total. The van der Waals surface area contributed by atoms with E-state index < -0.39 is 3.79 Å². The molecule has 1 N–H and O–H groups in total. The van der Waals surface area contributed by atoms with Crippen molar-refractivity contribution in [1.29, 1.82) is 0 Å². The first-order valence-corrected chi connectivity index (χ1v) is 9.19. The number of ether oxygens (including phenoxy) is 1. The molecule has 27 heavy (non-hydrogen) atoms. The molecule has 0 unspecified atom stereocenters. The van der Waals surface area contributed by atoms with Gasteiger partial charge in [0, 0.05) is 24.5 Å². The van der Waals surface area contributed by atoms with Gasteiger partial charge in [-0.3, -0.25) is 4.98 Å². The number of benzene rings is 1. The number of rotatable bonds is 6. The topological polar surface area (TPSA) is 72.8 Å². The van der Waals surface area contributed by atoms with Crippen LogP contribution in [0.2, 0.25) is 0 Å². The van der Waals surface area contributed by atoms with Crippen LogP contribution in [0.3, 0.4) is 0 Å². The van der Waals surface area contributed by atoms with E-state index in [0.717, 1.165) is 17.5 Å². The Kier molecular flexibility index (Phi) is 6.31. The van der Waals surface area contributed by atoms with Crippen LogP contribution in [0.15, 0.2) is 48.8 Å². The fourth-order valence-electron chi connectivity index (χ4n) is 2.34. The molecule has 2 aromatic heterocycles. The zero-order valence-corrected chi connectivity index (χ0v) is 16.6. The summed E-state index contributed by atoms with van der Waals surface area (Å²) in [5, 5.41) is 3.15. The van der Waals surface area contributed by atoms with Gasteiger partial charge in [-0.2, -0.15) is 9.97 Å². The lowest BCUT2D eigenvalue weighted by Crippen LogP contribution is -2.15. The molecule has 0 atom stereocenters. The molecule has 2 heterocycles. The van der Waals surface area contributed by atoms with Crippen LogP contribution in [-0.2, 0) is 10.2 Å². The molecule has 0 amide bonds. The van der Waals surface area contributed by atoms with Crippen molar-refractivity contribution < 1.29 is 4.74 Å². The highest BCUT2D eigenvalue weighted by Crippen LogP contribution is 2.37. The van der Waals surface area contributed by atoms with Crippen LogP contribution < -0.4 is 10.1 Å². The molecule has 140 valence electrons. The minimum Gasteiger partial charge on any atom is -0.497 e. The van der Waals surface area contributed by atoms with Crippen molar-refractivity contribution >= 4 is 40.8 Å². The number of hydrogen-bond acceptors (Lipinski definition) is 6. The molecular weight excluding hydrogens is 409 g/mol. The highest BCUT2D eigenvalue weighted by atomic mass is 35.6. The molecule has 1 aromatic carbocycles. The Morgan fingerprint density at radius 2 is 1.93 bits per heavy atom. The summed E-state index contributed by atoms with van der Waals surface area (Å²) in [5.41, 5.74) is 1.82. The Morgan fingerprint density at radius 3 is 2.63 bits per heavy atom. The third-order valence-electron chi connectivity index (χ3n) is 3.64. The van der Waals surface area contributed by atoms with Crippen molar-refractivity contribution in [2.75, 3.05) is 19.0 Å². The molecule has 0 bridgehead atoms. The van der Waals surface area contributed by atoms with Gasteiger partial charge >= 0.3 is 0 Å². The van der Waals surface area contributed by atoms with Gasteiger partial charge in [-0.1, -0.05) is 53.0 Å². The summed E-state index contributed by atoms with van der Waals surface area (Å²) in [5.74, 6) is 1.43. The first kappa shape index (κ1) is 19.6. The maximum atomic E-state index is 6.00. The average molecular weight is 425 g/mol. The zero-order valence-electron chi connectivity index (χ0n) is 14.4. The van der Waals surface area contributed by atoms with Crippen LogP contribution in [-0.4, -0.2) is 33.6 Å². The Hall–Kier alpha value is -2.15. The summed E-state index contributed by atoms with van der Waals surface area (Å²) in [6, 6.07) is 11.2. The molecule has 9 heteroatoms. The fourth-order valence-corrected chi connectivity index (χ4v) is 2.59. The normalized spacial score (nSPS) is 11.3. The van der Waals surface area contributed by atoms with Crippen molar-refractivity contribution in [3.05, 3.63) is 60.2 Å². The first-order chi connectivity index (χ1) is 13.0. The number of halogens is 3. The van der Waals surface area contributed by atoms with Gasteiger partial charge in [0.05, 0.1) is 7.11 Å². The van der Waals surface area contributed by atoms with E-state index >= 15 is 0 Å². The lowest BCUT2D eigenvalue weighted by Gasteiger charge is -2.13. The van der Waals surface area contributed by atoms with E-state index in [2.05, 4.69) is 25.3 Å². The molecule has 0 aliphatic rings. The summed E-state index contributed by atoms with van der Waals surface area (Å²) in [7, 11) is 1.59. The molecule has 0 aliphatic heterocycles. The van der Waals surface area contributed by atoms with Crippen LogP contribution in [0.1, 0.15) is 11.4 Å². The second kappa shape index (κ2) is 8.69. The lowest BCUT2D eigenvalue weighted by atomic mass is 10.2. The van der Waals surface area contributed by atoms with Gasteiger partial charge in [-0.05, 0) is 30.2 Å². The Balaban J connectivity index is 1.86. The number of hydrogen-bond donors (Lipinski definition) is 1. The second-order valence-corrected chi connectivity index (χ2v) is 7.86. The monoisotopic (exact) mass is 423 g/mol. The van der Waals surface area contributed by atoms with Gasteiger partial charge in [-0.25, -0.2) is 4.98 Å². The van der Waals surface area contributed by atoms with Crippen LogP contribution in [0.25, 0.3) is 11.4 Å². The minimum atomic E-state index is -1.77. The second-order valence-electron chi connectivity index (χ2n) is 5.57. The number of anilines is 1. The number of aromatic nitrogens is 4. The lowest BCUT2D eigenvalue weighted by molar-refractivity contribution is 0.415. The van der Waals surface area contributed by atoms with Crippen LogP contribution in [0.4, 0.5) is 5.95 Å². The summed E-state index contributed by atoms with van der Waals surface area (Å²) >= 11 is 18.0. The quantitative estimate of drug-likeness (QED) is 0.590. The predicted molar refractivity (Wildman–Crippen MR) is 107 cm³/mol. The summed E-state index contributed by atoms with van der Waals surface area (Å²) in [6.45, 7) is 0.590. The van der Waals surface area contributed by atoms with Crippen LogP contribution in [0.5, 0.6) is 5.75 Å². The zero-order chi connectivity index (χ0) is 19.3. The summed E-state index contributed by atoms with van der Waals surface area (Å²) in [6.07, 6.45) is 4.29. The van der Waals surface area contributed by atoms with Gasteiger partial charge in [0.2, 0.25) is 9.74 Å². The maximum absolute atomic E-state index is 6.00. The molecule has 3 rings (SSSR count). The SMILES string of the molecule is COc1cccc(-c2nc(NCCc3cccnc3)nc(C(Cl)(Cl)Cl)n2)c1. The molecule has 0 fully saturated rings. The van der Waals surface area contributed by atoms with E-state index in [4.69, 9.17) is 39.5 Å². The Bertz CT molecular complexity index is 903. The van der Waals surface area contributed by atoms with Gasteiger partial charge in [0.1, 0.15) is 5.75 Å². The third kappa shape index (κ3) is 5.42. The smallest absolute Gasteiger partial charge is 0.250 e. The van der Waals surface area contributed by atoms with Crippen molar-refractivity contribution in [1.82, 2.24) is 19.9 Å². The number of nitrogens with zero attached hydrogens (tertiary/aromatic N) is 4. The summed E-state index contributed by atoms with van der Waals surface area (Å²) < 4.78 is 3.48. The van der Waals surface area contributed by atoms with Crippen molar-refractivity contribution in [3.8, 4) is 17.1 Å². The minimum absolute atomic E-state index is 0.0456. The van der Waals surface area contributed by atoms with E-state index in [1.54, 1.807) is 19.4 Å². The highest BCUT2D eigenvalue weighted by molar-refractivity contribution is 6.66. The van der Waals surface area contributed by atoms with E-state index in [9.17, 15) is 0 Å². The van der Waals surface area contributed by atoms with Crippen LogP contribution in [0, 0.1) is 0 Å². The van der Waals surface area contributed by atoms with Gasteiger partial charge in [-0.15, -0.1) is 0 Å². The molecular formula is C18H16Cl3N5O. The average Bonchev–Trinajstić information content (AvgIpc) is 2.68. The fraction of sp³-hybridized carbons (Fsp3) is 0.222. The summed E-state index contributed by atoms with van der Waals surface area (Å²) in [4.78, 5) is 17.1. The van der Waals surface area contributed by atoms with Gasteiger partial charge < -0.3 is 10.1 Å². The molecule has 0 radical (unpaired) electrons. The van der Waals surface area contributed by atoms with Gasteiger partial charge in [0.25, 0.3) is 0 Å². The number of nitrogens with one attached hydrogen (secondary N) is 1. The number of methoxy groups -OCH3 is 1. The van der Waals surface area contributed by atoms with Gasteiger partial charge in [0.15, 0.2) is 11.6 Å². The van der Waals surface area contributed by atoms with Crippen LogP contribution >= 0.6 is 34.8 Å². The molecule has 0 saturated heterocycles. The van der Waals surface area contributed by atoms with E-state index in [1.807, 2.05) is 36.5 Å². The Labute approximate surface area is 171 Å². The number of pyridine rings is 1. The Morgan fingerprint density at radius 1 is 1.07 bits per heavy atom. The van der Waals surface area contributed by atoms with Crippen molar-refractivity contribution in [2.24, 2.45) is 0 Å². The number of alkyl halides is 3. The molecule has 0 saturated carbocycles. The maximum Gasteiger partial charge on any atom is 0.250 e. The van der Waals surface area contributed by atoms with E-state index in [0.29, 0.717) is 24.1 Å². The van der Waals surface area contributed by atoms with Crippen molar-refractivity contribution in [2.45, 2.75) is 10.2 Å². The molecule has 0 aliphatic carbocycles. The largest absolute Gasteiger partial charge is 0.497 e. The highest BCUT2D eigenvalue weighted by Gasteiger charge is 2.28. The van der Waals surface area contributed by atoms with E-state index in [1.165, 1.54) is 0 Å². The molecule has 0 spiro atoms.